The van der Waals surface area contributed by atoms with Crippen molar-refractivity contribution in [3.63, 3.8) is 0 Å². The quantitative estimate of drug-likeness (QED) is 0.751. The smallest absolute Gasteiger partial charge is 0.322 e. The Kier molecular flexibility index (Phi) is 6.84. The number of esters is 1. The summed E-state index contributed by atoms with van der Waals surface area (Å²) >= 11 is 0. The summed E-state index contributed by atoms with van der Waals surface area (Å²) in [5.41, 5.74) is 0. The average molecular weight is 269 g/mol. The molecule has 1 N–H and O–H groups in total. The average Bonchev–Trinajstić information content (AvgIpc) is 2.36. The molecule has 1 fully saturated rings. The molecule has 0 spiro atoms. The monoisotopic (exact) mass is 269 g/mol. The van der Waals surface area contributed by atoms with E-state index >= 15 is 0 Å². The van der Waals surface area contributed by atoms with Crippen LogP contribution in [0.1, 0.15) is 59.8 Å². The SMILES string of the molecule is COC(=O)C(CC(C)C)NC1CCCCC1C(C)C. The van der Waals surface area contributed by atoms with Crippen LogP contribution in [0.2, 0.25) is 0 Å². The summed E-state index contributed by atoms with van der Waals surface area (Å²) in [5.74, 6) is 1.75. The van der Waals surface area contributed by atoms with Gasteiger partial charge in [-0.15, -0.1) is 0 Å². The lowest BCUT2D eigenvalue weighted by atomic mass is 9.77. The van der Waals surface area contributed by atoms with Crippen LogP contribution in [0, 0.1) is 17.8 Å². The highest BCUT2D eigenvalue weighted by Gasteiger charge is 2.31. The Hall–Kier alpha value is -0.570. The lowest BCUT2D eigenvalue weighted by Crippen LogP contribution is -2.49. The molecule has 0 amide bonds. The second-order valence-corrected chi connectivity index (χ2v) is 6.67. The molecule has 1 aliphatic carbocycles. The summed E-state index contributed by atoms with van der Waals surface area (Å²) in [5, 5.41) is 3.59. The summed E-state index contributed by atoms with van der Waals surface area (Å²) in [6, 6.07) is 0.325. The van der Waals surface area contributed by atoms with Crippen LogP contribution in [0.15, 0.2) is 0 Å². The Balaban J connectivity index is 2.67. The van der Waals surface area contributed by atoms with Gasteiger partial charge in [0, 0.05) is 6.04 Å². The molecule has 0 aliphatic heterocycles. The number of carbonyl (C=O) groups is 1. The van der Waals surface area contributed by atoms with Crippen molar-refractivity contribution in [3.05, 3.63) is 0 Å². The first-order valence-corrected chi connectivity index (χ1v) is 7.79. The van der Waals surface area contributed by atoms with Crippen LogP contribution in [0.5, 0.6) is 0 Å². The molecule has 3 heteroatoms. The van der Waals surface area contributed by atoms with Crippen molar-refractivity contribution < 1.29 is 9.53 Å². The van der Waals surface area contributed by atoms with Crippen molar-refractivity contribution in [2.24, 2.45) is 17.8 Å². The van der Waals surface area contributed by atoms with Crippen LogP contribution < -0.4 is 5.32 Å². The van der Waals surface area contributed by atoms with E-state index in [1.54, 1.807) is 0 Å². The predicted octanol–water partition coefficient (Wildman–Crippen LogP) is 3.38. The zero-order chi connectivity index (χ0) is 14.4. The normalized spacial score (nSPS) is 25.6. The first kappa shape index (κ1) is 16.5. The number of nitrogens with one attached hydrogen (secondary N) is 1. The third-order valence-electron chi connectivity index (χ3n) is 4.28. The van der Waals surface area contributed by atoms with Crippen LogP contribution in [-0.4, -0.2) is 25.2 Å². The molecule has 1 aliphatic rings. The van der Waals surface area contributed by atoms with Gasteiger partial charge in [-0.25, -0.2) is 0 Å². The van der Waals surface area contributed by atoms with Gasteiger partial charge in [-0.3, -0.25) is 4.79 Å². The number of hydrogen-bond donors (Lipinski definition) is 1. The zero-order valence-electron chi connectivity index (χ0n) is 13.2. The van der Waals surface area contributed by atoms with Crippen LogP contribution in [0.25, 0.3) is 0 Å². The van der Waals surface area contributed by atoms with Gasteiger partial charge in [0.05, 0.1) is 7.11 Å². The molecule has 0 bridgehead atoms. The fourth-order valence-corrected chi connectivity index (χ4v) is 3.27. The van der Waals surface area contributed by atoms with Gasteiger partial charge in [-0.2, -0.15) is 0 Å². The van der Waals surface area contributed by atoms with Crippen molar-refractivity contribution in [2.45, 2.75) is 71.9 Å². The van der Waals surface area contributed by atoms with E-state index in [1.165, 1.54) is 32.8 Å². The summed E-state index contributed by atoms with van der Waals surface area (Å²) < 4.78 is 4.95. The third-order valence-corrected chi connectivity index (χ3v) is 4.28. The highest BCUT2D eigenvalue weighted by Crippen LogP contribution is 2.30. The minimum Gasteiger partial charge on any atom is -0.468 e. The molecule has 0 aromatic rings. The number of carbonyl (C=O) groups excluding carboxylic acids is 1. The van der Waals surface area contributed by atoms with Gasteiger partial charge < -0.3 is 10.1 Å². The molecular weight excluding hydrogens is 238 g/mol. The molecule has 0 radical (unpaired) electrons. The van der Waals surface area contributed by atoms with E-state index in [4.69, 9.17) is 4.74 Å². The predicted molar refractivity (Wildman–Crippen MR) is 79.0 cm³/mol. The molecule has 0 aromatic carbocycles. The van der Waals surface area contributed by atoms with Crippen LogP contribution in [-0.2, 0) is 9.53 Å². The molecule has 3 nitrogen and oxygen atoms in total. The number of methoxy groups -OCH3 is 1. The zero-order valence-corrected chi connectivity index (χ0v) is 13.2. The van der Waals surface area contributed by atoms with E-state index in [1.807, 2.05) is 0 Å². The molecule has 112 valence electrons. The molecule has 3 unspecified atom stereocenters. The minimum atomic E-state index is -0.144. The minimum absolute atomic E-state index is 0.109. The van der Waals surface area contributed by atoms with Crippen molar-refractivity contribution in [1.82, 2.24) is 5.32 Å². The van der Waals surface area contributed by atoms with Gasteiger partial charge in [0.25, 0.3) is 0 Å². The van der Waals surface area contributed by atoms with Gasteiger partial charge >= 0.3 is 5.97 Å². The van der Waals surface area contributed by atoms with E-state index in [2.05, 4.69) is 33.0 Å². The van der Waals surface area contributed by atoms with E-state index in [0.29, 0.717) is 23.8 Å². The first-order chi connectivity index (χ1) is 8.95. The Bertz CT molecular complexity index is 276. The van der Waals surface area contributed by atoms with Crippen LogP contribution >= 0.6 is 0 Å². The van der Waals surface area contributed by atoms with Gasteiger partial charge in [0.1, 0.15) is 6.04 Å². The number of rotatable bonds is 6. The highest BCUT2D eigenvalue weighted by atomic mass is 16.5. The van der Waals surface area contributed by atoms with E-state index in [9.17, 15) is 4.79 Å². The van der Waals surface area contributed by atoms with Crippen molar-refractivity contribution >= 4 is 5.97 Å². The third kappa shape index (κ3) is 5.13. The van der Waals surface area contributed by atoms with Crippen molar-refractivity contribution in [1.29, 1.82) is 0 Å². The lowest BCUT2D eigenvalue weighted by Gasteiger charge is -2.37. The van der Waals surface area contributed by atoms with Gasteiger partial charge in [0.2, 0.25) is 0 Å². The molecule has 1 rings (SSSR count). The fourth-order valence-electron chi connectivity index (χ4n) is 3.27. The Morgan fingerprint density at radius 1 is 1.21 bits per heavy atom. The molecule has 0 saturated heterocycles. The standard InChI is InChI=1S/C16H31NO2/c1-11(2)10-15(16(18)19-5)17-14-9-7-6-8-13(14)12(3)4/h11-15,17H,6-10H2,1-5H3. The summed E-state index contributed by atoms with van der Waals surface area (Å²) in [6.45, 7) is 8.89. The van der Waals surface area contributed by atoms with Crippen LogP contribution in [0.3, 0.4) is 0 Å². The lowest BCUT2D eigenvalue weighted by molar-refractivity contribution is -0.144. The fraction of sp³-hybridized carbons (Fsp3) is 0.938. The number of hydrogen-bond acceptors (Lipinski definition) is 3. The summed E-state index contributed by atoms with van der Waals surface area (Å²) in [7, 11) is 1.48. The molecule has 19 heavy (non-hydrogen) atoms. The number of ether oxygens (including phenoxy) is 1. The van der Waals surface area contributed by atoms with E-state index < -0.39 is 0 Å². The maximum absolute atomic E-state index is 11.9. The maximum atomic E-state index is 11.9. The summed E-state index contributed by atoms with van der Waals surface area (Å²) in [6.07, 6.45) is 5.93. The molecule has 0 heterocycles. The molecule has 1 saturated carbocycles. The van der Waals surface area contributed by atoms with E-state index in [0.717, 1.165) is 6.42 Å². The first-order valence-electron chi connectivity index (χ1n) is 7.79. The van der Waals surface area contributed by atoms with Crippen molar-refractivity contribution in [3.8, 4) is 0 Å². The van der Waals surface area contributed by atoms with Crippen LogP contribution in [0.4, 0.5) is 0 Å². The Labute approximate surface area is 118 Å². The van der Waals surface area contributed by atoms with Gasteiger partial charge in [-0.05, 0) is 37.0 Å². The highest BCUT2D eigenvalue weighted by molar-refractivity contribution is 5.75. The molecular formula is C16H31NO2. The maximum Gasteiger partial charge on any atom is 0.322 e. The summed E-state index contributed by atoms with van der Waals surface area (Å²) in [4.78, 5) is 11.9. The van der Waals surface area contributed by atoms with Crippen molar-refractivity contribution in [2.75, 3.05) is 7.11 Å². The van der Waals surface area contributed by atoms with Gasteiger partial charge in [-0.1, -0.05) is 40.5 Å². The second kappa shape index (κ2) is 7.88. The van der Waals surface area contributed by atoms with Gasteiger partial charge in [0.15, 0.2) is 0 Å². The Morgan fingerprint density at radius 2 is 1.84 bits per heavy atom. The second-order valence-electron chi connectivity index (χ2n) is 6.67. The molecule has 0 aromatic heterocycles. The van der Waals surface area contributed by atoms with E-state index in [-0.39, 0.29) is 12.0 Å². The Morgan fingerprint density at radius 3 is 2.37 bits per heavy atom. The largest absolute Gasteiger partial charge is 0.468 e. The topological polar surface area (TPSA) is 38.3 Å². The molecule has 3 atom stereocenters.